The molecule has 88 valence electrons. The first-order chi connectivity index (χ1) is 8.29. The number of nitrogens with zero attached hydrogens (tertiary/aromatic N) is 1. The topological polar surface area (TPSA) is 42.0 Å². The molecule has 1 aromatic carbocycles. The molecule has 2 rings (SSSR count). The lowest BCUT2D eigenvalue weighted by atomic mass is 10.1. The van der Waals surface area contributed by atoms with Crippen molar-refractivity contribution in [1.29, 1.82) is 0 Å². The number of amides is 1. The van der Waals surface area contributed by atoms with Gasteiger partial charge < -0.3 is 5.32 Å². The van der Waals surface area contributed by atoms with Crippen LogP contribution in [0.15, 0.2) is 36.0 Å². The van der Waals surface area contributed by atoms with Gasteiger partial charge >= 0.3 is 0 Å². The normalized spacial score (nSPS) is 10.2. The molecule has 0 aliphatic rings. The Morgan fingerprint density at radius 1 is 1.35 bits per heavy atom. The summed E-state index contributed by atoms with van der Waals surface area (Å²) < 4.78 is 0. The van der Waals surface area contributed by atoms with Crippen molar-refractivity contribution in [1.82, 2.24) is 4.98 Å². The summed E-state index contributed by atoms with van der Waals surface area (Å²) in [5, 5.41) is 3.78. The molecule has 0 spiro atoms. The average Bonchev–Trinajstić information content (AvgIpc) is 2.86. The zero-order chi connectivity index (χ0) is 12.1. The molecular formula is C12H11BrN2OS. The highest BCUT2D eigenvalue weighted by atomic mass is 79.9. The summed E-state index contributed by atoms with van der Waals surface area (Å²) >= 11 is 4.73. The summed E-state index contributed by atoms with van der Waals surface area (Å²) in [4.78, 5) is 16.2. The first-order valence-electron chi connectivity index (χ1n) is 5.14. The number of hydrogen-bond acceptors (Lipinski definition) is 3. The molecule has 1 amide bonds. The van der Waals surface area contributed by atoms with E-state index in [-0.39, 0.29) is 5.91 Å². The van der Waals surface area contributed by atoms with Gasteiger partial charge in [-0.1, -0.05) is 28.1 Å². The Hall–Kier alpha value is -1.20. The minimum absolute atomic E-state index is 0.110. The lowest BCUT2D eigenvalue weighted by Gasteiger charge is -2.04. The third-order valence-electron chi connectivity index (χ3n) is 2.25. The smallest absolute Gasteiger partial charge is 0.267 e. The average molecular weight is 311 g/mol. The van der Waals surface area contributed by atoms with E-state index >= 15 is 0 Å². The summed E-state index contributed by atoms with van der Waals surface area (Å²) in [5.41, 5.74) is 3.70. The van der Waals surface area contributed by atoms with Gasteiger partial charge in [-0.3, -0.25) is 9.78 Å². The van der Waals surface area contributed by atoms with Crippen LogP contribution in [-0.4, -0.2) is 16.2 Å². The fraction of sp³-hybridized carbons (Fsp3) is 0.167. The number of aryl methyl sites for hydroxylation is 1. The molecule has 0 atom stereocenters. The van der Waals surface area contributed by atoms with Crippen molar-refractivity contribution in [3.05, 3.63) is 46.4 Å². The second-order valence-corrected chi connectivity index (χ2v) is 5.14. The summed E-state index contributed by atoms with van der Waals surface area (Å²) in [6.07, 6.45) is 2.56. The first-order valence-corrected chi connectivity index (χ1v) is 7.14. The molecule has 0 aliphatic heterocycles. The van der Waals surface area contributed by atoms with Crippen LogP contribution in [0.1, 0.15) is 15.2 Å². The number of benzene rings is 1. The number of carbonyl (C=O) groups is 1. The second-order valence-electron chi connectivity index (χ2n) is 3.46. The summed E-state index contributed by atoms with van der Waals surface area (Å²) in [5.74, 6) is -0.110. The molecule has 1 aromatic heterocycles. The minimum Gasteiger partial charge on any atom is -0.321 e. The van der Waals surface area contributed by atoms with Crippen LogP contribution in [0.5, 0.6) is 0 Å². The van der Waals surface area contributed by atoms with Gasteiger partial charge in [0.25, 0.3) is 5.91 Å². The number of nitrogens with one attached hydrogen (secondary N) is 1. The highest BCUT2D eigenvalue weighted by Crippen LogP contribution is 2.13. The van der Waals surface area contributed by atoms with Crippen molar-refractivity contribution in [3.8, 4) is 0 Å². The van der Waals surface area contributed by atoms with E-state index in [1.807, 2.05) is 24.3 Å². The maximum absolute atomic E-state index is 11.7. The SMILES string of the molecule is O=C(Nc1ccc(CCBr)cc1)c1cncs1. The standard InChI is InChI=1S/C12H11BrN2OS/c13-6-5-9-1-3-10(4-2-9)15-12(16)11-7-14-8-17-11/h1-4,7-8H,5-6H2,(H,15,16). The number of anilines is 1. The van der Waals surface area contributed by atoms with Crippen molar-refractivity contribution in [3.63, 3.8) is 0 Å². The Labute approximate surface area is 112 Å². The Morgan fingerprint density at radius 2 is 2.12 bits per heavy atom. The highest BCUT2D eigenvalue weighted by molar-refractivity contribution is 9.09. The maximum atomic E-state index is 11.7. The van der Waals surface area contributed by atoms with Gasteiger partial charge in [-0.15, -0.1) is 11.3 Å². The molecule has 1 heterocycles. The minimum atomic E-state index is -0.110. The molecule has 17 heavy (non-hydrogen) atoms. The fourth-order valence-electron chi connectivity index (χ4n) is 1.38. The molecular weight excluding hydrogens is 300 g/mol. The number of thiazole rings is 1. The van der Waals surface area contributed by atoms with E-state index in [2.05, 4.69) is 26.2 Å². The first kappa shape index (κ1) is 12.3. The van der Waals surface area contributed by atoms with Crippen LogP contribution in [0.4, 0.5) is 5.69 Å². The summed E-state index contributed by atoms with van der Waals surface area (Å²) in [7, 11) is 0. The Bertz CT molecular complexity index is 482. The number of carbonyl (C=O) groups excluding carboxylic acids is 1. The highest BCUT2D eigenvalue weighted by Gasteiger charge is 2.07. The van der Waals surface area contributed by atoms with Gasteiger partial charge in [-0.05, 0) is 24.1 Å². The number of alkyl halides is 1. The van der Waals surface area contributed by atoms with Crippen LogP contribution in [-0.2, 0) is 6.42 Å². The summed E-state index contributed by atoms with van der Waals surface area (Å²) in [6.45, 7) is 0. The van der Waals surface area contributed by atoms with E-state index in [0.717, 1.165) is 17.4 Å². The lowest BCUT2D eigenvalue weighted by Crippen LogP contribution is -2.10. The van der Waals surface area contributed by atoms with Crippen molar-refractivity contribution in [2.45, 2.75) is 6.42 Å². The van der Waals surface area contributed by atoms with Gasteiger partial charge in [0.15, 0.2) is 0 Å². The lowest BCUT2D eigenvalue weighted by molar-refractivity contribution is 0.103. The van der Waals surface area contributed by atoms with E-state index in [0.29, 0.717) is 4.88 Å². The predicted molar refractivity (Wildman–Crippen MR) is 74.0 cm³/mol. The van der Waals surface area contributed by atoms with E-state index in [1.165, 1.54) is 16.9 Å². The van der Waals surface area contributed by atoms with Crippen molar-refractivity contribution in [2.75, 3.05) is 10.6 Å². The molecule has 0 fully saturated rings. The van der Waals surface area contributed by atoms with Crippen LogP contribution in [0, 0.1) is 0 Å². The molecule has 2 aromatic rings. The summed E-state index contributed by atoms with van der Waals surface area (Å²) in [6, 6.07) is 7.86. The zero-order valence-electron chi connectivity index (χ0n) is 9.02. The van der Waals surface area contributed by atoms with Crippen LogP contribution < -0.4 is 5.32 Å². The van der Waals surface area contributed by atoms with Crippen molar-refractivity contribution in [2.24, 2.45) is 0 Å². The number of rotatable bonds is 4. The fourth-order valence-corrected chi connectivity index (χ4v) is 2.36. The van der Waals surface area contributed by atoms with Gasteiger partial charge in [-0.2, -0.15) is 0 Å². The van der Waals surface area contributed by atoms with Gasteiger partial charge in [0.1, 0.15) is 4.88 Å². The quantitative estimate of drug-likeness (QED) is 0.880. The Kier molecular flexibility index (Phi) is 4.28. The van der Waals surface area contributed by atoms with Crippen LogP contribution >= 0.6 is 27.3 Å². The van der Waals surface area contributed by atoms with Gasteiger partial charge in [-0.25, -0.2) is 0 Å². The maximum Gasteiger partial charge on any atom is 0.267 e. The Balaban J connectivity index is 2.01. The van der Waals surface area contributed by atoms with Gasteiger partial charge in [0.05, 0.1) is 11.7 Å². The molecule has 1 N–H and O–H groups in total. The van der Waals surface area contributed by atoms with Crippen molar-refractivity contribution >= 4 is 38.9 Å². The largest absolute Gasteiger partial charge is 0.321 e. The van der Waals surface area contributed by atoms with Crippen LogP contribution in [0.3, 0.4) is 0 Å². The van der Waals surface area contributed by atoms with E-state index in [4.69, 9.17) is 0 Å². The molecule has 0 radical (unpaired) electrons. The van der Waals surface area contributed by atoms with Crippen LogP contribution in [0.25, 0.3) is 0 Å². The zero-order valence-corrected chi connectivity index (χ0v) is 11.4. The molecule has 0 aliphatic carbocycles. The van der Waals surface area contributed by atoms with Gasteiger partial charge in [0, 0.05) is 11.0 Å². The van der Waals surface area contributed by atoms with Crippen molar-refractivity contribution < 1.29 is 4.79 Å². The van der Waals surface area contributed by atoms with Gasteiger partial charge in [0.2, 0.25) is 0 Å². The van der Waals surface area contributed by atoms with E-state index in [9.17, 15) is 4.79 Å². The molecule has 0 unspecified atom stereocenters. The molecule has 0 bridgehead atoms. The van der Waals surface area contributed by atoms with Crippen LogP contribution in [0.2, 0.25) is 0 Å². The molecule has 0 saturated carbocycles. The molecule has 3 nitrogen and oxygen atoms in total. The molecule has 0 saturated heterocycles. The number of hydrogen-bond donors (Lipinski definition) is 1. The third kappa shape index (κ3) is 3.38. The number of halogens is 1. The predicted octanol–water partition coefficient (Wildman–Crippen LogP) is 3.33. The van der Waals surface area contributed by atoms with E-state index in [1.54, 1.807) is 11.7 Å². The second kappa shape index (κ2) is 5.93. The van der Waals surface area contributed by atoms with E-state index < -0.39 is 0 Å². The Morgan fingerprint density at radius 3 is 2.71 bits per heavy atom. The number of aromatic nitrogens is 1. The molecule has 5 heteroatoms. The monoisotopic (exact) mass is 310 g/mol. The third-order valence-corrected chi connectivity index (χ3v) is 3.42.